The summed E-state index contributed by atoms with van der Waals surface area (Å²) in [5.74, 6) is -0.159. The molecule has 1 fully saturated rings. The van der Waals surface area contributed by atoms with Crippen molar-refractivity contribution in [2.75, 3.05) is 19.8 Å². The maximum Gasteiger partial charge on any atom is 0.416 e. The zero-order valence-corrected chi connectivity index (χ0v) is 16.8. The lowest BCUT2D eigenvalue weighted by Crippen LogP contribution is -2.44. The molecule has 1 aliphatic heterocycles. The van der Waals surface area contributed by atoms with Crippen molar-refractivity contribution >= 4 is 16.9 Å². The van der Waals surface area contributed by atoms with E-state index in [1.165, 1.54) is 18.5 Å². The molecule has 0 saturated carbocycles. The largest absolute Gasteiger partial charge is 0.416 e. The predicted octanol–water partition coefficient (Wildman–Crippen LogP) is 2.58. The molecule has 0 radical (unpaired) electrons. The summed E-state index contributed by atoms with van der Waals surface area (Å²) in [4.78, 5) is 25.3. The van der Waals surface area contributed by atoms with Gasteiger partial charge < -0.3 is 19.4 Å². The lowest BCUT2D eigenvalue weighted by atomic mass is 10.1. The Kier molecular flexibility index (Phi) is 5.63. The van der Waals surface area contributed by atoms with Crippen LogP contribution in [-0.2, 0) is 22.7 Å². The molecular weight excluding hydrogens is 415 g/mol. The third-order valence-electron chi connectivity index (χ3n) is 5.03. The second-order valence-corrected chi connectivity index (χ2v) is 7.21. The van der Waals surface area contributed by atoms with E-state index in [-0.39, 0.29) is 17.8 Å². The standard InChI is InChI=1S/C20H20F3N5O3/c1-11-8-25-14(9-24-11)19(29)27-17(16-10-30-5-6-31-16)18-26-13-7-12(20(21,22)23)3-4-15(13)28(18)2/h3-4,7-9,16-17H,5-6,10H2,1-2H3,(H,27,29)/t16-,17?/m1/s1. The molecular formula is C20H20F3N5O3. The number of nitrogens with one attached hydrogen (secondary N) is 1. The average molecular weight is 435 g/mol. The molecule has 2 aromatic heterocycles. The van der Waals surface area contributed by atoms with E-state index in [0.717, 1.165) is 12.1 Å². The van der Waals surface area contributed by atoms with Gasteiger partial charge in [-0.15, -0.1) is 0 Å². The van der Waals surface area contributed by atoms with Crippen LogP contribution in [0.1, 0.15) is 33.6 Å². The Morgan fingerprint density at radius 1 is 1.26 bits per heavy atom. The summed E-state index contributed by atoms with van der Waals surface area (Å²) in [5.41, 5.74) is 0.628. The predicted molar refractivity (Wildman–Crippen MR) is 103 cm³/mol. The van der Waals surface area contributed by atoms with Gasteiger partial charge in [0.1, 0.15) is 23.7 Å². The third kappa shape index (κ3) is 4.37. The van der Waals surface area contributed by atoms with Gasteiger partial charge in [0.25, 0.3) is 5.91 Å². The van der Waals surface area contributed by atoms with Crippen LogP contribution in [0.5, 0.6) is 0 Å². The first-order valence-corrected chi connectivity index (χ1v) is 9.56. The molecule has 8 nitrogen and oxygen atoms in total. The summed E-state index contributed by atoms with van der Waals surface area (Å²) in [7, 11) is 1.67. The minimum Gasteiger partial charge on any atom is -0.376 e. The number of halogens is 3. The van der Waals surface area contributed by atoms with Crippen LogP contribution in [-0.4, -0.2) is 51.4 Å². The molecule has 0 aliphatic carbocycles. The number of aryl methyl sites for hydroxylation is 2. The number of hydrogen-bond acceptors (Lipinski definition) is 6. The Bertz CT molecular complexity index is 1090. The number of alkyl halides is 3. The Balaban J connectivity index is 1.72. The molecule has 3 heterocycles. The first-order valence-electron chi connectivity index (χ1n) is 9.56. The van der Waals surface area contributed by atoms with Gasteiger partial charge in [0, 0.05) is 13.2 Å². The zero-order valence-electron chi connectivity index (χ0n) is 16.8. The van der Waals surface area contributed by atoms with E-state index >= 15 is 0 Å². The van der Waals surface area contributed by atoms with Gasteiger partial charge in [-0.25, -0.2) is 9.97 Å². The van der Waals surface area contributed by atoms with E-state index in [1.807, 2.05) is 0 Å². The number of hydrogen-bond donors (Lipinski definition) is 1. The molecule has 3 aromatic rings. The lowest BCUT2D eigenvalue weighted by Gasteiger charge is -2.30. The minimum absolute atomic E-state index is 0.102. The third-order valence-corrected chi connectivity index (χ3v) is 5.03. The number of carbonyl (C=O) groups excluding carboxylic acids is 1. The smallest absolute Gasteiger partial charge is 0.376 e. The number of fused-ring (bicyclic) bond motifs is 1. The quantitative estimate of drug-likeness (QED) is 0.678. The molecule has 164 valence electrons. The van der Waals surface area contributed by atoms with Crippen molar-refractivity contribution in [3.8, 4) is 0 Å². The first kappa shape index (κ1) is 21.2. The van der Waals surface area contributed by atoms with E-state index in [1.54, 1.807) is 18.5 Å². The van der Waals surface area contributed by atoms with Gasteiger partial charge in [-0.1, -0.05) is 0 Å². The first-order chi connectivity index (χ1) is 14.7. The van der Waals surface area contributed by atoms with Crippen molar-refractivity contribution in [1.82, 2.24) is 24.8 Å². The maximum atomic E-state index is 13.1. The van der Waals surface area contributed by atoms with Crippen molar-refractivity contribution < 1.29 is 27.4 Å². The molecule has 11 heteroatoms. The van der Waals surface area contributed by atoms with Crippen molar-refractivity contribution in [2.45, 2.75) is 25.2 Å². The molecule has 1 amide bonds. The fourth-order valence-corrected chi connectivity index (χ4v) is 3.42. The summed E-state index contributed by atoms with van der Waals surface area (Å²) in [6, 6.07) is 2.57. The van der Waals surface area contributed by atoms with Crippen LogP contribution in [0.3, 0.4) is 0 Å². The van der Waals surface area contributed by atoms with Gasteiger partial charge >= 0.3 is 6.18 Å². The SMILES string of the molecule is Cc1cnc(C(=O)NC(c2nc3cc(C(F)(F)F)ccc3n2C)[C@H]2COCCO2)cn1. The number of nitrogens with zero attached hydrogens (tertiary/aromatic N) is 4. The fraction of sp³-hybridized carbons (Fsp3) is 0.400. The monoisotopic (exact) mass is 435 g/mol. The summed E-state index contributed by atoms with van der Waals surface area (Å²) < 4.78 is 52.2. The molecule has 2 atom stereocenters. The zero-order chi connectivity index (χ0) is 22.2. The highest BCUT2D eigenvalue weighted by atomic mass is 19.4. The summed E-state index contributed by atoms with van der Waals surface area (Å²) in [6.07, 6.45) is -2.24. The summed E-state index contributed by atoms with van der Waals surface area (Å²) in [5, 5.41) is 2.83. The van der Waals surface area contributed by atoms with Gasteiger partial charge in [-0.2, -0.15) is 13.2 Å². The minimum atomic E-state index is -4.48. The molecule has 1 aromatic carbocycles. The average Bonchev–Trinajstić information content (AvgIpc) is 3.08. The molecule has 4 rings (SSSR count). The molecule has 31 heavy (non-hydrogen) atoms. The van der Waals surface area contributed by atoms with Crippen molar-refractivity contribution in [1.29, 1.82) is 0 Å². The van der Waals surface area contributed by atoms with Crippen LogP contribution in [0.4, 0.5) is 13.2 Å². The Morgan fingerprint density at radius 3 is 2.71 bits per heavy atom. The van der Waals surface area contributed by atoms with E-state index in [4.69, 9.17) is 9.47 Å². The van der Waals surface area contributed by atoms with Crippen molar-refractivity contribution in [3.05, 3.63) is 53.4 Å². The number of benzene rings is 1. The number of aromatic nitrogens is 4. The second kappa shape index (κ2) is 8.23. The number of ether oxygens (including phenoxy) is 2. The van der Waals surface area contributed by atoms with Crippen molar-refractivity contribution in [2.24, 2.45) is 7.05 Å². The molecule has 1 aliphatic rings. The lowest BCUT2D eigenvalue weighted by molar-refractivity contribution is -0.137. The molecule has 1 saturated heterocycles. The number of imidazole rings is 1. The normalized spacial score (nSPS) is 18.2. The van der Waals surface area contributed by atoms with Gasteiger partial charge in [0.2, 0.25) is 0 Å². The van der Waals surface area contributed by atoms with Crippen LogP contribution in [0.2, 0.25) is 0 Å². The van der Waals surface area contributed by atoms with Crippen LogP contribution in [0.25, 0.3) is 11.0 Å². The molecule has 1 N–H and O–H groups in total. The van der Waals surface area contributed by atoms with Crippen LogP contribution >= 0.6 is 0 Å². The van der Waals surface area contributed by atoms with E-state index in [9.17, 15) is 18.0 Å². The highest BCUT2D eigenvalue weighted by molar-refractivity contribution is 5.92. The maximum absolute atomic E-state index is 13.1. The summed E-state index contributed by atoms with van der Waals surface area (Å²) >= 11 is 0. The van der Waals surface area contributed by atoms with Crippen LogP contribution in [0.15, 0.2) is 30.6 Å². The molecule has 0 spiro atoms. The Labute approximate surface area is 175 Å². The van der Waals surface area contributed by atoms with Gasteiger partial charge in [-0.3, -0.25) is 9.78 Å². The van der Waals surface area contributed by atoms with Gasteiger partial charge in [0.05, 0.1) is 48.3 Å². The summed E-state index contributed by atoms with van der Waals surface area (Å²) in [6.45, 7) is 2.68. The van der Waals surface area contributed by atoms with Crippen LogP contribution in [0, 0.1) is 6.92 Å². The van der Waals surface area contributed by atoms with E-state index < -0.39 is 29.8 Å². The molecule has 1 unspecified atom stereocenters. The number of carbonyl (C=O) groups is 1. The number of amides is 1. The fourth-order valence-electron chi connectivity index (χ4n) is 3.42. The highest BCUT2D eigenvalue weighted by Gasteiger charge is 2.34. The number of rotatable bonds is 4. The van der Waals surface area contributed by atoms with Crippen molar-refractivity contribution in [3.63, 3.8) is 0 Å². The molecule has 0 bridgehead atoms. The van der Waals surface area contributed by atoms with Gasteiger partial charge in [-0.05, 0) is 25.1 Å². The highest BCUT2D eigenvalue weighted by Crippen LogP contribution is 2.32. The van der Waals surface area contributed by atoms with E-state index in [0.29, 0.717) is 30.2 Å². The Hall–Kier alpha value is -3.05. The second-order valence-electron chi connectivity index (χ2n) is 7.21. The van der Waals surface area contributed by atoms with Crippen LogP contribution < -0.4 is 5.32 Å². The Morgan fingerprint density at radius 2 is 2.06 bits per heavy atom. The van der Waals surface area contributed by atoms with E-state index in [2.05, 4.69) is 20.3 Å². The topological polar surface area (TPSA) is 91.2 Å². The van der Waals surface area contributed by atoms with Gasteiger partial charge in [0.15, 0.2) is 0 Å².